The minimum atomic E-state index is 0.260. The summed E-state index contributed by atoms with van der Waals surface area (Å²) in [5.74, 6) is 2.42. The van der Waals surface area contributed by atoms with Gasteiger partial charge in [-0.2, -0.15) is 9.97 Å². The van der Waals surface area contributed by atoms with Crippen LogP contribution in [-0.2, 0) is 0 Å². The van der Waals surface area contributed by atoms with E-state index in [2.05, 4.69) is 21.8 Å². The molecule has 0 bridgehead atoms. The van der Waals surface area contributed by atoms with E-state index in [4.69, 9.17) is 11.5 Å². The van der Waals surface area contributed by atoms with Crippen LogP contribution in [0.15, 0.2) is 6.07 Å². The number of hydrogen-bond donors (Lipinski definition) is 2. The third-order valence-corrected chi connectivity index (χ3v) is 3.50. The molecule has 17 heavy (non-hydrogen) atoms. The second-order valence-electron chi connectivity index (χ2n) is 4.70. The Morgan fingerprint density at radius 2 is 2.12 bits per heavy atom. The Labute approximate surface area is 102 Å². The molecule has 2 heterocycles. The lowest BCUT2D eigenvalue weighted by atomic mass is 9.98. The fourth-order valence-electron chi connectivity index (χ4n) is 2.44. The van der Waals surface area contributed by atoms with Gasteiger partial charge in [-0.1, -0.05) is 13.3 Å². The molecule has 1 atom stereocenters. The van der Waals surface area contributed by atoms with Crippen LogP contribution in [-0.4, -0.2) is 23.1 Å². The summed E-state index contributed by atoms with van der Waals surface area (Å²) in [5.41, 5.74) is 11.3. The second-order valence-corrected chi connectivity index (χ2v) is 4.70. The standard InChI is InChI=1S/C12H21N5/c1-2-9-4-3-6-17(7-5-9)11-8-10(13)15-12(14)16-11/h8-9H,2-7H2,1H3,(H4,13,14,15,16). The van der Waals surface area contributed by atoms with Gasteiger partial charge in [0, 0.05) is 19.2 Å². The molecular formula is C12H21N5. The maximum absolute atomic E-state index is 5.70. The molecule has 1 unspecified atom stereocenters. The van der Waals surface area contributed by atoms with Gasteiger partial charge in [-0.25, -0.2) is 0 Å². The summed E-state index contributed by atoms with van der Waals surface area (Å²) in [4.78, 5) is 10.4. The van der Waals surface area contributed by atoms with E-state index in [-0.39, 0.29) is 5.95 Å². The normalized spacial score (nSPS) is 21.2. The highest BCUT2D eigenvalue weighted by atomic mass is 15.2. The molecule has 0 aromatic carbocycles. The van der Waals surface area contributed by atoms with E-state index in [1.54, 1.807) is 0 Å². The van der Waals surface area contributed by atoms with Crippen LogP contribution in [0, 0.1) is 5.92 Å². The molecule has 1 aromatic rings. The number of nitrogens with two attached hydrogens (primary N) is 2. The zero-order chi connectivity index (χ0) is 12.3. The molecule has 0 radical (unpaired) electrons. The summed E-state index contributed by atoms with van der Waals surface area (Å²) in [6, 6.07) is 1.81. The highest BCUT2D eigenvalue weighted by Crippen LogP contribution is 2.24. The van der Waals surface area contributed by atoms with Crippen LogP contribution in [0.25, 0.3) is 0 Å². The lowest BCUT2D eigenvalue weighted by Gasteiger charge is -2.21. The first kappa shape index (κ1) is 12.0. The van der Waals surface area contributed by atoms with Crippen LogP contribution < -0.4 is 16.4 Å². The fraction of sp³-hybridized carbons (Fsp3) is 0.667. The lowest BCUT2D eigenvalue weighted by molar-refractivity contribution is 0.459. The molecule has 2 rings (SSSR count). The molecule has 5 heteroatoms. The quantitative estimate of drug-likeness (QED) is 0.814. The predicted octanol–water partition coefficient (Wildman–Crippen LogP) is 1.66. The average molecular weight is 235 g/mol. The smallest absolute Gasteiger partial charge is 0.223 e. The summed E-state index contributed by atoms with van der Waals surface area (Å²) in [7, 11) is 0. The van der Waals surface area contributed by atoms with Gasteiger partial charge in [0.05, 0.1) is 0 Å². The fourth-order valence-corrected chi connectivity index (χ4v) is 2.44. The van der Waals surface area contributed by atoms with E-state index >= 15 is 0 Å². The van der Waals surface area contributed by atoms with E-state index in [0.29, 0.717) is 5.82 Å². The first-order valence-corrected chi connectivity index (χ1v) is 6.34. The van der Waals surface area contributed by atoms with Gasteiger partial charge < -0.3 is 16.4 Å². The molecular weight excluding hydrogens is 214 g/mol. The molecule has 94 valence electrons. The van der Waals surface area contributed by atoms with Crippen molar-refractivity contribution in [1.82, 2.24) is 9.97 Å². The van der Waals surface area contributed by atoms with E-state index in [1.807, 2.05) is 6.07 Å². The van der Waals surface area contributed by atoms with Crippen LogP contribution >= 0.6 is 0 Å². The highest BCUT2D eigenvalue weighted by molar-refractivity contribution is 5.50. The second kappa shape index (κ2) is 5.21. The molecule has 0 spiro atoms. The summed E-state index contributed by atoms with van der Waals surface area (Å²) in [6.07, 6.45) is 5.01. The van der Waals surface area contributed by atoms with E-state index in [0.717, 1.165) is 24.8 Å². The summed E-state index contributed by atoms with van der Waals surface area (Å²) in [6.45, 7) is 4.34. The summed E-state index contributed by atoms with van der Waals surface area (Å²) >= 11 is 0. The Balaban J connectivity index is 2.11. The topological polar surface area (TPSA) is 81.1 Å². The van der Waals surface area contributed by atoms with Gasteiger partial charge in [0.25, 0.3) is 0 Å². The molecule has 4 N–H and O–H groups in total. The molecule has 0 saturated carbocycles. The van der Waals surface area contributed by atoms with Gasteiger partial charge >= 0.3 is 0 Å². The Morgan fingerprint density at radius 3 is 2.82 bits per heavy atom. The lowest BCUT2D eigenvalue weighted by Crippen LogP contribution is -2.25. The third kappa shape index (κ3) is 2.99. The Kier molecular flexibility index (Phi) is 3.66. The average Bonchev–Trinajstić information content (AvgIpc) is 2.52. The van der Waals surface area contributed by atoms with E-state index in [9.17, 15) is 0 Å². The molecule has 1 saturated heterocycles. The van der Waals surface area contributed by atoms with Crippen molar-refractivity contribution in [2.45, 2.75) is 32.6 Å². The monoisotopic (exact) mass is 235 g/mol. The van der Waals surface area contributed by atoms with Crippen LogP contribution in [0.5, 0.6) is 0 Å². The van der Waals surface area contributed by atoms with Crippen molar-refractivity contribution in [3.05, 3.63) is 6.07 Å². The van der Waals surface area contributed by atoms with Crippen molar-refractivity contribution in [3.8, 4) is 0 Å². The SMILES string of the molecule is CCC1CCCN(c2cc(N)nc(N)n2)CC1. The highest BCUT2D eigenvalue weighted by Gasteiger charge is 2.17. The van der Waals surface area contributed by atoms with Crippen LogP contribution in [0.3, 0.4) is 0 Å². The zero-order valence-electron chi connectivity index (χ0n) is 10.4. The largest absolute Gasteiger partial charge is 0.383 e. The number of hydrogen-bond acceptors (Lipinski definition) is 5. The van der Waals surface area contributed by atoms with Crippen LogP contribution in [0.4, 0.5) is 17.6 Å². The van der Waals surface area contributed by atoms with Gasteiger partial charge in [0.1, 0.15) is 11.6 Å². The van der Waals surface area contributed by atoms with Crippen molar-refractivity contribution in [3.63, 3.8) is 0 Å². The van der Waals surface area contributed by atoms with Gasteiger partial charge in [0.2, 0.25) is 5.95 Å². The van der Waals surface area contributed by atoms with Gasteiger partial charge in [-0.05, 0) is 25.2 Å². The van der Waals surface area contributed by atoms with E-state index in [1.165, 1.54) is 25.7 Å². The number of nitrogen functional groups attached to an aromatic ring is 2. The molecule has 1 aliphatic rings. The summed E-state index contributed by atoms with van der Waals surface area (Å²) in [5, 5.41) is 0. The minimum Gasteiger partial charge on any atom is -0.383 e. The van der Waals surface area contributed by atoms with Crippen molar-refractivity contribution in [2.75, 3.05) is 29.5 Å². The van der Waals surface area contributed by atoms with Crippen molar-refractivity contribution in [1.29, 1.82) is 0 Å². The molecule has 0 amide bonds. The minimum absolute atomic E-state index is 0.260. The Hall–Kier alpha value is -1.52. The number of anilines is 3. The molecule has 0 aliphatic carbocycles. The maximum atomic E-state index is 5.70. The van der Waals surface area contributed by atoms with Crippen LogP contribution in [0.2, 0.25) is 0 Å². The predicted molar refractivity (Wildman–Crippen MR) is 70.7 cm³/mol. The number of rotatable bonds is 2. The Bertz CT molecular complexity index is 359. The molecule has 1 aliphatic heterocycles. The molecule has 1 aromatic heterocycles. The molecule has 1 fully saturated rings. The number of nitrogens with zero attached hydrogens (tertiary/aromatic N) is 3. The Morgan fingerprint density at radius 1 is 1.29 bits per heavy atom. The van der Waals surface area contributed by atoms with Gasteiger partial charge in [0.15, 0.2) is 0 Å². The summed E-state index contributed by atoms with van der Waals surface area (Å²) < 4.78 is 0. The van der Waals surface area contributed by atoms with Gasteiger partial charge in [-0.15, -0.1) is 0 Å². The van der Waals surface area contributed by atoms with Crippen molar-refractivity contribution >= 4 is 17.6 Å². The first-order chi connectivity index (χ1) is 8.19. The van der Waals surface area contributed by atoms with Crippen molar-refractivity contribution in [2.24, 2.45) is 5.92 Å². The first-order valence-electron chi connectivity index (χ1n) is 6.34. The molecule has 5 nitrogen and oxygen atoms in total. The third-order valence-electron chi connectivity index (χ3n) is 3.50. The van der Waals surface area contributed by atoms with Crippen molar-refractivity contribution < 1.29 is 0 Å². The maximum Gasteiger partial charge on any atom is 0.223 e. The zero-order valence-corrected chi connectivity index (χ0v) is 10.4. The van der Waals surface area contributed by atoms with Crippen LogP contribution in [0.1, 0.15) is 32.6 Å². The number of aromatic nitrogens is 2. The van der Waals surface area contributed by atoms with E-state index < -0.39 is 0 Å². The van der Waals surface area contributed by atoms with Gasteiger partial charge in [-0.3, -0.25) is 0 Å².